The molecule has 0 radical (unpaired) electrons. The van der Waals surface area contributed by atoms with E-state index in [9.17, 15) is 14.7 Å². The fourth-order valence-electron chi connectivity index (χ4n) is 3.41. The largest absolute Gasteiger partial charge is 1.00 e. The van der Waals surface area contributed by atoms with Crippen molar-refractivity contribution in [2.24, 2.45) is 0 Å². The molecule has 1 atom stereocenters. The van der Waals surface area contributed by atoms with Crippen LogP contribution in [0.25, 0.3) is 21.6 Å². The number of carbonyl (C=O) groups excluding carboxylic acids is 1. The summed E-state index contributed by atoms with van der Waals surface area (Å²) in [5.74, 6) is -0.395. The summed E-state index contributed by atoms with van der Waals surface area (Å²) in [4.78, 5) is 25.0. The van der Waals surface area contributed by atoms with Gasteiger partial charge in [-0.15, -0.1) is 11.3 Å². The van der Waals surface area contributed by atoms with Crippen LogP contribution in [0.15, 0.2) is 91.0 Å². The Kier molecular flexibility index (Phi) is 8.64. The van der Waals surface area contributed by atoms with Gasteiger partial charge in [0.25, 0.3) is 0 Å². The molecule has 1 aromatic heterocycles. The van der Waals surface area contributed by atoms with Gasteiger partial charge in [-0.25, -0.2) is 4.79 Å². The van der Waals surface area contributed by atoms with Gasteiger partial charge in [0.2, 0.25) is 0 Å². The molecular formula is C27H23NaO4S. The summed E-state index contributed by atoms with van der Waals surface area (Å²) < 4.78 is 5.74. The number of carboxylic acids is 1. The molecule has 4 aromatic rings. The van der Waals surface area contributed by atoms with E-state index in [1.54, 1.807) is 19.1 Å². The minimum Gasteiger partial charge on any atom is -1.00 e. The molecule has 1 N–H and O–H groups in total. The van der Waals surface area contributed by atoms with Gasteiger partial charge < -0.3 is 11.3 Å². The standard InChI is InChI=1S/C27H22O4S.Na.H/c1-18(28)25-15-16-26(32-25)22-9-7-20(8-10-22)21-11-13-23(14-12-21)31-24(27(29)30)17-19-5-3-2-4-6-19;;/h2-16,24H,17H2,1H3,(H,29,30);;/q;+1;-1/t24-;;/m0../s1. The molecule has 0 fully saturated rings. The molecule has 1 heterocycles. The van der Waals surface area contributed by atoms with Gasteiger partial charge >= 0.3 is 35.5 Å². The predicted octanol–water partition coefficient (Wildman–Crippen LogP) is 3.48. The Labute approximate surface area is 220 Å². The van der Waals surface area contributed by atoms with Gasteiger partial charge in [0.05, 0.1) is 4.88 Å². The molecule has 4 rings (SSSR count). The minimum absolute atomic E-state index is 0. The van der Waals surface area contributed by atoms with E-state index in [2.05, 4.69) is 0 Å². The normalized spacial score (nSPS) is 11.3. The number of rotatable bonds is 8. The first-order valence-corrected chi connectivity index (χ1v) is 11.1. The third-order valence-corrected chi connectivity index (χ3v) is 6.36. The number of aliphatic carboxylic acids is 1. The molecule has 162 valence electrons. The molecule has 3 aromatic carbocycles. The van der Waals surface area contributed by atoms with Crippen molar-refractivity contribution in [2.45, 2.75) is 19.4 Å². The summed E-state index contributed by atoms with van der Waals surface area (Å²) in [6, 6.07) is 28.9. The summed E-state index contributed by atoms with van der Waals surface area (Å²) in [5.41, 5.74) is 4.03. The molecule has 0 aliphatic carbocycles. The van der Waals surface area contributed by atoms with Crippen LogP contribution in [0.4, 0.5) is 0 Å². The SMILES string of the molecule is CC(=O)c1ccc(-c2ccc(-c3ccc(O[C@@H](Cc4ccccc4)C(=O)O)cc3)cc2)s1.[H-].[Na+]. The maximum Gasteiger partial charge on any atom is 1.00 e. The van der Waals surface area contributed by atoms with Crippen molar-refractivity contribution in [1.82, 2.24) is 0 Å². The fourth-order valence-corrected chi connectivity index (χ4v) is 4.31. The van der Waals surface area contributed by atoms with Crippen LogP contribution in [0.3, 0.4) is 0 Å². The molecule has 4 nitrogen and oxygen atoms in total. The van der Waals surface area contributed by atoms with E-state index < -0.39 is 12.1 Å². The van der Waals surface area contributed by atoms with Crippen LogP contribution >= 0.6 is 11.3 Å². The van der Waals surface area contributed by atoms with Gasteiger partial charge in [0.15, 0.2) is 11.9 Å². The van der Waals surface area contributed by atoms with Gasteiger partial charge in [-0.2, -0.15) is 0 Å². The maximum absolute atomic E-state index is 11.6. The van der Waals surface area contributed by atoms with Crippen LogP contribution in [0.5, 0.6) is 5.75 Å². The molecule has 0 spiro atoms. The van der Waals surface area contributed by atoms with Gasteiger partial charge in [-0.05, 0) is 53.4 Å². The smallest absolute Gasteiger partial charge is 1.00 e. The summed E-state index contributed by atoms with van der Waals surface area (Å²) in [7, 11) is 0. The van der Waals surface area contributed by atoms with Gasteiger partial charge in [0, 0.05) is 11.3 Å². The van der Waals surface area contributed by atoms with Crippen molar-refractivity contribution in [2.75, 3.05) is 0 Å². The third kappa shape index (κ3) is 6.42. The van der Waals surface area contributed by atoms with Crippen molar-refractivity contribution in [3.05, 3.63) is 101 Å². The fraction of sp³-hybridized carbons (Fsp3) is 0.111. The molecule has 0 unspecified atom stereocenters. The number of hydrogen-bond donors (Lipinski definition) is 1. The number of carboxylic acid groups (broad SMARTS) is 1. The number of hydrogen-bond acceptors (Lipinski definition) is 4. The maximum atomic E-state index is 11.6. The summed E-state index contributed by atoms with van der Waals surface area (Å²) >= 11 is 1.49. The van der Waals surface area contributed by atoms with Crippen LogP contribution < -0.4 is 34.3 Å². The van der Waals surface area contributed by atoms with E-state index in [-0.39, 0.29) is 36.8 Å². The molecule has 0 saturated carbocycles. The first kappa shape index (κ1) is 24.9. The molecule has 0 bridgehead atoms. The van der Waals surface area contributed by atoms with Gasteiger partial charge in [-0.1, -0.05) is 66.7 Å². The third-order valence-electron chi connectivity index (χ3n) is 5.13. The van der Waals surface area contributed by atoms with Crippen LogP contribution in [0.2, 0.25) is 0 Å². The van der Waals surface area contributed by atoms with E-state index >= 15 is 0 Å². The number of carbonyl (C=O) groups is 2. The average Bonchev–Trinajstić information content (AvgIpc) is 3.31. The molecule has 0 aliphatic rings. The number of thiophene rings is 1. The zero-order valence-electron chi connectivity index (χ0n) is 19.5. The summed E-state index contributed by atoms with van der Waals surface area (Å²) in [6.45, 7) is 1.58. The Morgan fingerprint density at radius 2 is 1.42 bits per heavy atom. The monoisotopic (exact) mass is 466 g/mol. The molecular weight excluding hydrogens is 443 g/mol. The van der Waals surface area contributed by atoms with E-state index in [4.69, 9.17) is 4.74 Å². The van der Waals surface area contributed by atoms with E-state index in [0.717, 1.165) is 32.0 Å². The van der Waals surface area contributed by atoms with E-state index in [1.165, 1.54) is 11.3 Å². The topological polar surface area (TPSA) is 63.6 Å². The Morgan fingerprint density at radius 1 is 0.848 bits per heavy atom. The number of ketones is 1. The molecule has 0 saturated heterocycles. The molecule has 0 aliphatic heterocycles. The zero-order chi connectivity index (χ0) is 22.5. The Bertz CT molecular complexity index is 1220. The number of ether oxygens (including phenoxy) is 1. The number of benzene rings is 3. The molecule has 0 amide bonds. The van der Waals surface area contributed by atoms with E-state index in [1.807, 2.05) is 78.9 Å². The quantitative estimate of drug-likeness (QED) is 0.319. The summed E-state index contributed by atoms with van der Waals surface area (Å²) in [5, 5.41) is 9.54. The van der Waals surface area contributed by atoms with Crippen molar-refractivity contribution in [3.63, 3.8) is 0 Å². The second kappa shape index (κ2) is 11.4. The van der Waals surface area contributed by atoms with Crippen molar-refractivity contribution < 1.29 is 50.4 Å². The van der Waals surface area contributed by atoms with Gasteiger partial charge in [0.1, 0.15) is 5.75 Å². The minimum atomic E-state index is -0.991. The Morgan fingerprint density at radius 3 is 1.97 bits per heavy atom. The molecule has 33 heavy (non-hydrogen) atoms. The van der Waals surface area contributed by atoms with Gasteiger partial charge in [-0.3, -0.25) is 4.79 Å². The second-order valence-corrected chi connectivity index (χ2v) is 8.54. The Balaban J connectivity index is 0.00000204. The average molecular weight is 467 g/mol. The van der Waals surface area contributed by atoms with Crippen molar-refractivity contribution >= 4 is 23.1 Å². The van der Waals surface area contributed by atoms with E-state index in [0.29, 0.717) is 12.2 Å². The molecule has 6 heteroatoms. The first-order chi connectivity index (χ1) is 15.5. The van der Waals surface area contributed by atoms with Crippen LogP contribution in [0, 0.1) is 0 Å². The zero-order valence-corrected chi connectivity index (χ0v) is 21.3. The summed E-state index contributed by atoms with van der Waals surface area (Å²) in [6.07, 6.45) is -0.652. The van der Waals surface area contributed by atoms with Crippen molar-refractivity contribution in [3.8, 4) is 27.3 Å². The second-order valence-electron chi connectivity index (χ2n) is 7.46. The first-order valence-electron chi connectivity index (χ1n) is 10.2. The van der Waals surface area contributed by atoms with Crippen LogP contribution in [0.1, 0.15) is 23.6 Å². The predicted molar refractivity (Wildman–Crippen MR) is 129 cm³/mol. The Hall–Kier alpha value is -2.70. The van der Waals surface area contributed by atoms with Crippen LogP contribution in [-0.2, 0) is 11.2 Å². The van der Waals surface area contributed by atoms with Crippen molar-refractivity contribution in [1.29, 1.82) is 0 Å². The number of Topliss-reactive ketones (excluding diaryl/α,β-unsaturated/α-hetero) is 1. The van der Waals surface area contributed by atoms with Crippen LogP contribution in [-0.4, -0.2) is 23.0 Å².